The van der Waals surface area contributed by atoms with Crippen LogP contribution in [-0.4, -0.2) is 19.0 Å². The maximum absolute atomic E-state index is 12.9. The first-order chi connectivity index (χ1) is 15.1. The highest BCUT2D eigenvalue weighted by Crippen LogP contribution is 2.36. The zero-order valence-corrected chi connectivity index (χ0v) is 18.0. The number of amides is 1. The molecule has 0 spiro atoms. The monoisotopic (exact) mass is 427 g/mol. The number of esters is 1. The number of methoxy groups -OCH3 is 1. The van der Waals surface area contributed by atoms with Gasteiger partial charge in [0.05, 0.1) is 7.11 Å². The molecule has 0 aliphatic heterocycles. The lowest BCUT2D eigenvalue weighted by Crippen LogP contribution is -2.14. The van der Waals surface area contributed by atoms with Crippen LogP contribution in [0, 0.1) is 6.92 Å². The van der Waals surface area contributed by atoms with E-state index in [4.69, 9.17) is 4.74 Å². The van der Waals surface area contributed by atoms with Crippen molar-refractivity contribution in [3.8, 4) is 22.3 Å². The first-order valence-electron chi connectivity index (χ1n) is 9.80. The van der Waals surface area contributed by atoms with Crippen LogP contribution < -0.4 is 5.32 Å². The smallest absolute Gasteiger partial charge is 0.341 e. The maximum Gasteiger partial charge on any atom is 0.341 e. The summed E-state index contributed by atoms with van der Waals surface area (Å²) in [5, 5.41) is 5.22. The van der Waals surface area contributed by atoms with Crippen molar-refractivity contribution in [1.82, 2.24) is 0 Å². The first kappa shape index (κ1) is 20.6. The summed E-state index contributed by atoms with van der Waals surface area (Å²) < 4.78 is 4.99. The van der Waals surface area contributed by atoms with Gasteiger partial charge in [-0.15, -0.1) is 11.3 Å². The number of anilines is 1. The molecule has 4 aromatic rings. The molecule has 1 amide bonds. The predicted octanol–water partition coefficient (Wildman–Crippen LogP) is 6.43. The second-order valence-corrected chi connectivity index (χ2v) is 7.99. The lowest BCUT2D eigenvalue weighted by Gasteiger charge is -2.09. The third-order valence-electron chi connectivity index (χ3n) is 5.02. The molecule has 0 aliphatic carbocycles. The summed E-state index contributed by atoms with van der Waals surface area (Å²) >= 11 is 1.31. The number of hydrogen-bond acceptors (Lipinski definition) is 4. The SMILES string of the molecule is COC(=O)c1c(-c2ccc(C)cc2)csc1NC(=O)c1ccc(-c2ccccc2)cc1. The number of carbonyl (C=O) groups is 2. The van der Waals surface area contributed by atoms with Crippen LogP contribution in [0.3, 0.4) is 0 Å². The highest BCUT2D eigenvalue weighted by molar-refractivity contribution is 7.15. The molecule has 154 valence electrons. The van der Waals surface area contributed by atoms with Gasteiger partial charge in [0.15, 0.2) is 0 Å². The van der Waals surface area contributed by atoms with Gasteiger partial charge in [0.2, 0.25) is 0 Å². The predicted molar refractivity (Wildman–Crippen MR) is 126 cm³/mol. The molecule has 0 saturated heterocycles. The number of thiophene rings is 1. The van der Waals surface area contributed by atoms with E-state index in [1.54, 1.807) is 12.1 Å². The fourth-order valence-electron chi connectivity index (χ4n) is 3.32. The molecule has 0 atom stereocenters. The molecule has 0 unspecified atom stereocenters. The lowest BCUT2D eigenvalue weighted by atomic mass is 10.0. The number of nitrogens with one attached hydrogen (secondary N) is 1. The molecule has 1 N–H and O–H groups in total. The molecule has 0 fully saturated rings. The van der Waals surface area contributed by atoms with E-state index in [1.165, 1.54) is 18.4 Å². The van der Waals surface area contributed by atoms with Crippen LogP contribution in [0.25, 0.3) is 22.3 Å². The molecule has 0 bridgehead atoms. The van der Waals surface area contributed by atoms with Crippen LogP contribution in [0.15, 0.2) is 84.2 Å². The Morgan fingerprint density at radius 3 is 2.06 bits per heavy atom. The molecule has 4 rings (SSSR count). The third kappa shape index (κ3) is 4.42. The zero-order valence-electron chi connectivity index (χ0n) is 17.2. The van der Waals surface area contributed by atoms with Crippen molar-refractivity contribution < 1.29 is 14.3 Å². The van der Waals surface area contributed by atoms with E-state index in [1.807, 2.05) is 79.0 Å². The minimum absolute atomic E-state index is 0.276. The van der Waals surface area contributed by atoms with E-state index in [0.717, 1.165) is 27.8 Å². The topological polar surface area (TPSA) is 55.4 Å². The summed E-state index contributed by atoms with van der Waals surface area (Å²) in [7, 11) is 1.34. The molecule has 0 saturated carbocycles. The van der Waals surface area contributed by atoms with Gasteiger partial charge in [-0.2, -0.15) is 0 Å². The molecule has 31 heavy (non-hydrogen) atoms. The van der Waals surface area contributed by atoms with Crippen molar-refractivity contribution in [3.63, 3.8) is 0 Å². The maximum atomic E-state index is 12.9. The van der Waals surface area contributed by atoms with Crippen molar-refractivity contribution in [1.29, 1.82) is 0 Å². The summed E-state index contributed by atoms with van der Waals surface area (Å²) in [6.45, 7) is 2.01. The van der Waals surface area contributed by atoms with Crippen molar-refractivity contribution in [3.05, 3.63) is 101 Å². The number of aryl methyl sites for hydroxylation is 1. The first-order valence-corrected chi connectivity index (χ1v) is 10.7. The Morgan fingerprint density at radius 1 is 0.806 bits per heavy atom. The molecule has 0 radical (unpaired) electrons. The van der Waals surface area contributed by atoms with E-state index < -0.39 is 5.97 Å². The Balaban J connectivity index is 1.61. The van der Waals surface area contributed by atoms with Gasteiger partial charge < -0.3 is 10.1 Å². The van der Waals surface area contributed by atoms with Crippen LogP contribution in [0.5, 0.6) is 0 Å². The largest absolute Gasteiger partial charge is 0.465 e. The van der Waals surface area contributed by atoms with E-state index in [-0.39, 0.29) is 5.91 Å². The second-order valence-electron chi connectivity index (χ2n) is 7.11. The highest BCUT2D eigenvalue weighted by Gasteiger charge is 2.22. The van der Waals surface area contributed by atoms with Crippen LogP contribution >= 0.6 is 11.3 Å². The van der Waals surface area contributed by atoms with E-state index in [9.17, 15) is 9.59 Å². The van der Waals surface area contributed by atoms with Gasteiger partial charge in [0.25, 0.3) is 5.91 Å². The number of carbonyl (C=O) groups excluding carboxylic acids is 2. The molecule has 3 aromatic carbocycles. The Hall–Kier alpha value is -3.70. The van der Waals surface area contributed by atoms with Gasteiger partial charge in [-0.1, -0.05) is 72.3 Å². The zero-order chi connectivity index (χ0) is 21.8. The summed E-state index contributed by atoms with van der Waals surface area (Å²) in [4.78, 5) is 25.4. The molecule has 0 aliphatic rings. The van der Waals surface area contributed by atoms with Gasteiger partial charge >= 0.3 is 5.97 Å². The van der Waals surface area contributed by atoms with Crippen molar-refractivity contribution in [2.24, 2.45) is 0 Å². The highest BCUT2D eigenvalue weighted by atomic mass is 32.1. The van der Waals surface area contributed by atoms with E-state index in [0.29, 0.717) is 16.1 Å². The summed E-state index contributed by atoms with van der Waals surface area (Å²) in [5.41, 5.74) is 5.77. The van der Waals surface area contributed by atoms with E-state index in [2.05, 4.69) is 5.32 Å². The Labute approximate surface area is 185 Å². The average molecular weight is 428 g/mol. The van der Waals surface area contributed by atoms with Crippen molar-refractivity contribution >= 4 is 28.2 Å². The van der Waals surface area contributed by atoms with Gasteiger partial charge in [0.1, 0.15) is 10.6 Å². The summed E-state index contributed by atoms with van der Waals surface area (Å²) in [5.74, 6) is -0.756. The number of ether oxygens (including phenoxy) is 1. The normalized spacial score (nSPS) is 10.5. The van der Waals surface area contributed by atoms with Gasteiger partial charge in [-0.3, -0.25) is 4.79 Å². The number of hydrogen-bond donors (Lipinski definition) is 1. The minimum Gasteiger partial charge on any atom is -0.465 e. The quantitative estimate of drug-likeness (QED) is 0.373. The molecule has 1 heterocycles. The molecular formula is C26H21NO3S. The molecule has 5 heteroatoms. The van der Waals surface area contributed by atoms with E-state index >= 15 is 0 Å². The fourth-order valence-corrected chi connectivity index (χ4v) is 4.27. The molecule has 4 nitrogen and oxygen atoms in total. The second kappa shape index (κ2) is 8.98. The lowest BCUT2D eigenvalue weighted by molar-refractivity contribution is 0.0603. The van der Waals surface area contributed by atoms with Gasteiger partial charge in [0, 0.05) is 16.5 Å². The van der Waals surface area contributed by atoms with Crippen LogP contribution in [0.2, 0.25) is 0 Å². The third-order valence-corrected chi connectivity index (χ3v) is 5.92. The Morgan fingerprint density at radius 2 is 1.42 bits per heavy atom. The Kier molecular flexibility index (Phi) is 5.96. The van der Waals surface area contributed by atoms with Crippen molar-refractivity contribution in [2.75, 3.05) is 12.4 Å². The number of benzene rings is 3. The summed E-state index contributed by atoms with van der Waals surface area (Å²) in [6, 6.07) is 25.3. The number of rotatable bonds is 5. The van der Waals surface area contributed by atoms with Gasteiger partial charge in [-0.05, 0) is 35.7 Å². The fraction of sp³-hybridized carbons (Fsp3) is 0.0769. The Bertz CT molecular complexity index is 1210. The molecule has 1 aromatic heterocycles. The van der Waals surface area contributed by atoms with Crippen LogP contribution in [0.1, 0.15) is 26.3 Å². The summed E-state index contributed by atoms with van der Waals surface area (Å²) in [6.07, 6.45) is 0. The standard InChI is InChI=1S/C26H21NO3S/c1-17-8-10-20(11-9-17)22-16-31-25(23(22)26(29)30-2)27-24(28)21-14-12-19(13-15-21)18-6-4-3-5-7-18/h3-16H,1-2H3,(H,27,28). The average Bonchev–Trinajstić information content (AvgIpc) is 3.23. The van der Waals surface area contributed by atoms with Crippen LogP contribution in [-0.2, 0) is 4.74 Å². The molecular weight excluding hydrogens is 406 g/mol. The minimum atomic E-state index is -0.480. The van der Waals surface area contributed by atoms with Crippen molar-refractivity contribution in [2.45, 2.75) is 6.92 Å². The van der Waals surface area contributed by atoms with Crippen LogP contribution in [0.4, 0.5) is 5.00 Å². The van der Waals surface area contributed by atoms with Gasteiger partial charge in [-0.25, -0.2) is 4.79 Å².